The number of carboxylic acid groups (broad SMARTS) is 5. The van der Waals surface area contributed by atoms with E-state index in [-0.39, 0.29) is 18.8 Å². The third-order valence-electron chi connectivity index (χ3n) is 5.84. The van der Waals surface area contributed by atoms with Gasteiger partial charge in [0.2, 0.25) is 5.91 Å². The summed E-state index contributed by atoms with van der Waals surface area (Å²) in [5, 5.41) is 41.5. The van der Waals surface area contributed by atoms with Crippen LogP contribution in [-0.2, 0) is 28.8 Å². The second kappa shape index (κ2) is 34.3. The predicted molar refractivity (Wildman–Crippen MR) is 181 cm³/mol. The molecule has 0 aliphatic carbocycles. The van der Waals surface area contributed by atoms with Crippen molar-refractivity contribution in [3.8, 4) is 0 Å². The van der Waals surface area contributed by atoms with Crippen LogP contribution in [0.5, 0.6) is 0 Å². The Kier molecular flexibility index (Phi) is 39.0. The molecule has 0 aliphatic rings. The number of rotatable bonds is 19. The van der Waals surface area contributed by atoms with Crippen molar-refractivity contribution >= 4 is 47.5 Å². The number of aliphatic carboxylic acids is 5. The van der Waals surface area contributed by atoms with Crippen LogP contribution in [-0.4, -0.2) is 110 Å². The number of hydrogen-bond acceptors (Lipinski definition) is 13. The van der Waals surface area contributed by atoms with Crippen LogP contribution in [0.1, 0.15) is 79.1 Å². The van der Waals surface area contributed by atoms with Crippen molar-refractivity contribution < 1.29 is 54.3 Å². The minimum Gasteiger partial charge on any atom is -0.480 e. The predicted octanol–water partition coefficient (Wildman–Crippen LogP) is -0.769. The van der Waals surface area contributed by atoms with Crippen molar-refractivity contribution in [1.29, 1.82) is 0 Å². The van der Waals surface area contributed by atoms with E-state index in [4.69, 9.17) is 65.7 Å². The van der Waals surface area contributed by atoms with Crippen molar-refractivity contribution in [3.05, 3.63) is 0 Å². The molecule has 0 rings (SSSR count). The molecule has 280 valence electrons. The van der Waals surface area contributed by atoms with E-state index in [0.717, 1.165) is 25.0 Å². The Hall–Kier alpha value is -3.07. The van der Waals surface area contributed by atoms with E-state index >= 15 is 0 Å². The third kappa shape index (κ3) is 42.9. The summed E-state index contributed by atoms with van der Waals surface area (Å²) in [5.74, 6) is -4.07. The van der Waals surface area contributed by atoms with Crippen molar-refractivity contribution in [3.63, 3.8) is 0 Å². The fraction of sp³-hybridized carbons (Fsp3) is 0.786. The molecule has 0 heterocycles. The molecule has 47 heavy (non-hydrogen) atoms. The highest BCUT2D eigenvalue weighted by atomic mass is 32.2. The smallest absolute Gasteiger partial charge is 0.320 e. The van der Waals surface area contributed by atoms with Gasteiger partial charge in [-0.05, 0) is 62.5 Å². The highest BCUT2D eigenvalue weighted by Gasteiger charge is 2.17. The number of carboxylic acids is 5. The van der Waals surface area contributed by atoms with Gasteiger partial charge in [-0.15, -0.1) is 0 Å². The van der Waals surface area contributed by atoms with Gasteiger partial charge in [0.15, 0.2) is 0 Å². The molecule has 0 aromatic carbocycles. The molecule has 19 N–H and O–H groups in total. The quantitative estimate of drug-likeness (QED) is 0.0734. The Labute approximate surface area is 281 Å². The zero-order valence-electron chi connectivity index (χ0n) is 28.2. The summed E-state index contributed by atoms with van der Waals surface area (Å²) in [4.78, 5) is 60.6. The van der Waals surface area contributed by atoms with E-state index in [1.807, 2.05) is 34.0 Å². The lowest BCUT2D eigenvalue weighted by molar-refractivity contribution is -0.140. The molecule has 19 heteroatoms. The molecular formula is C28H61N7O11S. The third-order valence-corrected chi connectivity index (χ3v) is 6.48. The lowest BCUT2D eigenvalue weighted by Gasteiger charge is -2.11. The van der Waals surface area contributed by atoms with E-state index < -0.39 is 66.0 Å². The monoisotopic (exact) mass is 703 g/mol. The van der Waals surface area contributed by atoms with Gasteiger partial charge in [0.25, 0.3) is 0 Å². The van der Waals surface area contributed by atoms with E-state index in [1.54, 1.807) is 11.8 Å². The lowest BCUT2D eigenvalue weighted by Crippen LogP contribution is -2.36. The Morgan fingerprint density at radius 1 is 0.638 bits per heavy atom. The van der Waals surface area contributed by atoms with Crippen molar-refractivity contribution in [2.45, 2.75) is 109 Å². The Morgan fingerprint density at radius 2 is 1.04 bits per heavy atom. The van der Waals surface area contributed by atoms with E-state index in [2.05, 4.69) is 0 Å². The zero-order valence-corrected chi connectivity index (χ0v) is 29.1. The second-order valence-electron chi connectivity index (χ2n) is 10.7. The molecule has 0 aliphatic heterocycles. The largest absolute Gasteiger partial charge is 0.480 e. The van der Waals surface area contributed by atoms with Crippen LogP contribution in [0.15, 0.2) is 0 Å². The van der Waals surface area contributed by atoms with E-state index in [9.17, 15) is 28.8 Å². The van der Waals surface area contributed by atoms with Crippen LogP contribution in [0.4, 0.5) is 0 Å². The van der Waals surface area contributed by atoms with Gasteiger partial charge in [0.1, 0.15) is 30.2 Å². The minimum atomic E-state index is -1.11. The van der Waals surface area contributed by atoms with Gasteiger partial charge in [0.05, 0.1) is 0 Å². The standard InChI is InChI=1S/C6H14N2O2.2C6H13NO2.C5H10N2O3.C5H11NO2S/c7-4-2-1-3-5(8)6(9)10;1-4(2)3-5(7)6(8)9;1-3-4(2)5(7)6(8)9;6-3(5(9)10)1-2-4(7)8;1-9-3-2-4(6)5(7)8/h5H,1-4,7-8H2,(H,9,10);2*4-5H,3,7H2,1-2H3,(H,8,9);3H,1-2,6H2,(H2,7,8)(H,9,10);4H,2-3,6H2,1H3,(H,7,8)/t2*5-;4-,5-;3-;4-/m00000/s1. The van der Waals surface area contributed by atoms with E-state index in [1.165, 1.54) is 0 Å². The molecule has 0 saturated heterocycles. The van der Waals surface area contributed by atoms with Crippen LogP contribution < -0.4 is 40.1 Å². The Bertz CT molecular complexity index is 871. The average molecular weight is 704 g/mol. The van der Waals surface area contributed by atoms with Crippen LogP contribution >= 0.6 is 11.8 Å². The number of carbonyl (C=O) groups is 6. The van der Waals surface area contributed by atoms with Gasteiger partial charge in [-0.2, -0.15) is 11.8 Å². The Morgan fingerprint density at radius 3 is 1.30 bits per heavy atom. The highest BCUT2D eigenvalue weighted by molar-refractivity contribution is 7.98. The van der Waals surface area contributed by atoms with Gasteiger partial charge in [-0.25, -0.2) is 0 Å². The van der Waals surface area contributed by atoms with Crippen molar-refractivity contribution in [2.24, 2.45) is 52.0 Å². The summed E-state index contributed by atoms with van der Waals surface area (Å²) in [6.45, 7) is 8.25. The van der Waals surface area contributed by atoms with Crippen LogP contribution in [0.25, 0.3) is 0 Å². The van der Waals surface area contributed by atoms with Crippen LogP contribution in [0.3, 0.4) is 0 Å². The molecule has 0 aromatic rings. The summed E-state index contributed by atoms with van der Waals surface area (Å²) >= 11 is 1.60. The number of nitrogens with two attached hydrogens (primary N) is 7. The molecule has 0 unspecified atom stereocenters. The van der Waals surface area contributed by atoms with Crippen LogP contribution in [0.2, 0.25) is 0 Å². The van der Waals surface area contributed by atoms with Gasteiger partial charge in [0, 0.05) is 6.42 Å². The first-order valence-electron chi connectivity index (χ1n) is 14.9. The highest BCUT2D eigenvalue weighted by Crippen LogP contribution is 2.04. The fourth-order valence-corrected chi connectivity index (χ4v) is 3.02. The van der Waals surface area contributed by atoms with Gasteiger partial charge < -0.3 is 65.7 Å². The molecule has 0 saturated carbocycles. The van der Waals surface area contributed by atoms with Gasteiger partial charge in [-0.3, -0.25) is 28.8 Å². The summed E-state index contributed by atoms with van der Waals surface area (Å²) < 4.78 is 0. The van der Waals surface area contributed by atoms with Gasteiger partial charge in [-0.1, -0.05) is 40.5 Å². The first-order chi connectivity index (χ1) is 21.5. The fourth-order valence-electron chi connectivity index (χ4n) is 2.53. The molecule has 6 atom stereocenters. The number of hydrogen-bond donors (Lipinski definition) is 12. The summed E-state index contributed by atoms with van der Waals surface area (Å²) in [5.41, 5.74) is 35.9. The topological polar surface area (TPSA) is 386 Å². The zero-order chi connectivity index (χ0) is 38.3. The molecule has 0 radical (unpaired) electrons. The molecule has 0 fully saturated rings. The minimum absolute atomic E-state index is 0.0213. The lowest BCUT2D eigenvalue weighted by atomic mass is 10.0. The molecule has 0 spiro atoms. The molecule has 0 aromatic heterocycles. The number of amides is 1. The maximum absolute atomic E-state index is 10.2. The summed E-state index contributed by atoms with van der Waals surface area (Å²) in [6, 6.07) is -3.77. The number of carbonyl (C=O) groups excluding carboxylic acids is 1. The Balaban J connectivity index is -0.000000157. The first kappa shape index (κ1) is 53.4. The summed E-state index contributed by atoms with van der Waals surface area (Å²) in [7, 11) is 0. The number of thioether (sulfide) groups is 1. The maximum Gasteiger partial charge on any atom is 0.320 e. The molecule has 18 nitrogen and oxygen atoms in total. The maximum atomic E-state index is 10.2. The van der Waals surface area contributed by atoms with Gasteiger partial charge >= 0.3 is 29.8 Å². The molecule has 0 bridgehead atoms. The number of primary amides is 1. The number of unbranched alkanes of at least 4 members (excludes halogenated alkanes) is 1. The molecule has 1 amide bonds. The SMILES string of the molecule is CC(C)C[C@H](N)C(=O)O.CC[C@H](C)[C@H](N)C(=O)O.CSCC[C@H](N)C(=O)O.NC(=O)CC[C@H](N)C(=O)O.NCCCC[C@H](N)C(=O)O. The van der Waals surface area contributed by atoms with Crippen molar-refractivity contribution in [2.75, 3.05) is 18.6 Å². The van der Waals surface area contributed by atoms with E-state index in [0.29, 0.717) is 31.7 Å². The average Bonchev–Trinajstić information content (AvgIpc) is 2.98. The second-order valence-corrected chi connectivity index (χ2v) is 11.7. The van der Waals surface area contributed by atoms with Crippen LogP contribution in [0, 0.1) is 11.8 Å². The summed E-state index contributed by atoms with van der Waals surface area (Å²) in [6.07, 6.45) is 6.13. The first-order valence-corrected chi connectivity index (χ1v) is 16.3. The van der Waals surface area contributed by atoms with Crippen molar-refractivity contribution in [1.82, 2.24) is 0 Å². The molecular weight excluding hydrogens is 642 g/mol. The normalized spacial score (nSPS) is 13.8.